The van der Waals surface area contributed by atoms with E-state index < -0.39 is 0 Å². The lowest BCUT2D eigenvalue weighted by Crippen LogP contribution is -2.23. The first-order valence-electron chi connectivity index (χ1n) is 7.59. The number of benzene rings is 1. The zero-order chi connectivity index (χ0) is 12.8. The highest BCUT2D eigenvalue weighted by Crippen LogP contribution is 2.36. The normalized spacial score (nSPS) is 17.4. The summed E-state index contributed by atoms with van der Waals surface area (Å²) < 4.78 is 0. The van der Waals surface area contributed by atoms with E-state index >= 15 is 0 Å². The molecule has 0 spiro atoms. The summed E-state index contributed by atoms with van der Waals surface area (Å²) in [6, 6.07) is 9.29. The molecular formula is C17H27N. The van der Waals surface area contributed by atoms with Gasteiger partial charge in [-0.2, -0.15) is 0 Å². The molecule has 0 radical (unpaired) electrons. The largest absolute Gasteiger partial charge is 0.316 e. The van der Waals surface area contributed by atoms with Gasteiger partial charge in [-0.15, -0.1) is 0 Å². The minimum atomic E-state index is 0.730. The van der Waals surface area contributed by atoms with E-state index in [1.54, 1.807) is 5.56 Å². The fourth-order valence-corrected chi connectivity index (χ4v) is 2.72. The van der Waals surface area contributed by atoms with Crippen LogP contribution in [-0.2, 0) is 6.42 Å². The molecule has 1 aromatic rings. The van der Waals surface area contributed by atoms with Crippen molar-refractivity contribution in [2.75, 3.05) is 13.1 Å². The molecule has 1 aromatic carbocycles. The van der Waals surface area contributed by atoms with Gasteiger partial charge in [0.25, 0.3) is 0 Å². The monoisotopic (exact) mass is 245 g/mol. The number of hydrogen-bond donors (Lipinski definition) is 1. The molecular weight excluding hydrogens is 218 g/mol. The molecule has 1 atom stereocenters. The van der Waals surface area contributed by atoms with Gasteiger partial charge in [-0.3, -0.25) is 0 Å². The Hall–Kier alpha value is -0.820. The Labute approximate surface area is 112 Å². The second kappa shape index (κ2) is 6.94. The molecule has 0 heterocycles. The van der Waals surface area contributed by atoms with E-state index in [1.807, 2.05) is 0 Å². The van der Waals surface area contributed by atoms with Crippen LogP contribution >= 0.6 is 0 Å². The quantitative estimate of drug-likeness (QED) is 0.712. The van der Waals surface area contributed by atoms with Crippen molar-refractivity contribution in [3.05, 3.63) is 35.4 Å². The van der Waals surface area contributed by atoms with Crippen LogP contribution in [0.5, 0.6) is 0 Å². The minimum absolute atomic E-state index is 0.730. The molecule has 1 saturated carbocycles. The van der Waals surface area contributed by atoms with Crippen molar-refractivity contribution in [2.24, 2.45) is 5.92 Å². The Morgan fingerprint density at radius 2 is 2.17 bits per heavy atom. The minimum Gasteiger partial charge on any atom is -0.316 e. The van der Waals surface area contributed by atoms with Crippen LogP contribution in [-0.4, -0.2) is 13.1 Å². The van der Waals surface area contributed by atoms with Gasteiger partial charge < -0.3 is 5.32 Å². The third-order valence-corrected chi connectivity index (χ3v) is 4.03. The van der Waals surface area contributed by atoms with Gasteiger partial charge in [0.15, 0.2) is 0 Å². The van der Waals surface area contributed by atoms with E-state index in [4.69, 9.17) is 0 Å². The van der Waals surface area contributed by atoms with Crippen molar-refractivity contribution < 1.29 is 0 Å². The Balaban J connectivity index is 1.84. The number of hydrogen-bond acceptors (Lipinski definition) is 1. The third-order valence-electron chi connectivity index (χ3n) is 4.03. The number of rotatable bonds is 7. The smallest absolute Gasteiger partial charge is 0.00200 e. The van der Waals surface area contributed by atoms with E-state index in [0.29, 0.717) is 0 Å². The van der Waals surface area contributed by atoms with Gasteiger partial charge in [0.2, 0.25) is 0 Å². The van der Waals surface area contributed by atoms with Crippen LogP contribution in [0.15, 0.2) is 24.3 Å². The number of nitrogens with one attached hydrogen (secondary N) is 1. The van der Waals surface area contributed by atoms with Crippen LogP contribution in [0.1, 0.15) is 56.6 Å². The summed E-state index contributed by atoms with van der Waals surface area (Å²) >= 11 is 0. The Morgan fingerprint density at radius 3 is 2.83 bits per heavy atom. The Bertz CT molecular complexity index is 354. The first-order chi connectivity index (χ1) is 8.79. The summed E-state index contributed by atoms with van der Waals surface area (Å²) in [6.45, 7) is 6.85. The molecule has 2 rings (SSSR count). The maximum Gasteiger partial charge on any atom is -0.00200 e. The molecule has 1 aliphatic rings. The standard InChI is InChI=1S/C17H27N/c1-3-10-18-13-14(2)11-15-6-4-9-17(12-15)16-7-5-8-16/h4,6,9,12,14,16,18H,3,5,7-8,10-11,13H2,1-2H3. The van der Waals surface area contributed by atoms with Gasteiger partial charge in [-0.25, -0.2) is 0 Å². The van der Waals surface area contributed by atoms with E-state index in [0.717, 1.165) is 24.9 Å². The Kier molecular flexibility index (Phi) is 5.25. The zero-order valence-corrected chi connectivity index (χ0v) is 11.9. The average molecular weight is 245 g/mol. The SMILES string of the molecule is CCCNCC(C)Cc1cccc(C2CCC2)c1. The fraction of sp³-hybridized carbons (Fsp3) is 0.647. The summed E-state index contributed by atoms with van der Waals surface area (Å²) in [5.74, 6) is 1.59. The molecule has 0 bridgehead atoms. The van der Waals surface area contributed by atoms with Crippen LogP contribution in [0.2, 0.25) is 0 Å². The molecule has 1 aliphatic carbocycles. The summed E-state index contributed by atoms with van der Waals surface area (Å²) in [7, 11) is 0. The Morgan fingerprint density at radius 1 is 1.33 bits per heavy atom. The predicted molar refractivity (Wildman–Crippen MR) is 79.1 cm³/mol. The lowest BCUT2D eigenvalue weighted by atomic mass is 9.79. The maximum atomic E-state index is 3.51. The van der Waals surface area contributed by atoms with Crippen LogP contribution < -0.4 is 5.32 Å². The zero-order valence-electron chi connectivity index (χ0n) is 11.9. The lowest BCUT2D eigenvalue weighted by molar-refractivity contribution is 0.419. The van der Waals surface area contributed by atoms with Crippen molar-refractivity contribution in [1.82, 2.24) is 5.32 Å². The van der Waals surface area contributed by atoms with Gasteiger partial charge in [0, 0.05) is 0 Å². The summed E-state index contributed by atoms with van der Waals surface area (Å²) in [4.78, 5) is 0. The summed E-state index contributed by atoms with van der Waals surface area (Å²) in [6.07, 6.45) is 6.65. The molecule has 1 heteroatoms. The predicted octanol–water partition coefficient (Wildman–Crippen LogP) is 4.13. The van der Waals surface area contributed by atoms with Crippen molar-refractivity contribution in [1.29, 1.82) is 0 Å². The van der Waals surface area contributed by atoms with Gasteiger partial charge >= 0.3 is 0 Å². The molecule has 1 unspecified atom stereocenters. The van der Waals surface area contributed by atoms with Crippen molar-refractivity contribution in [3.8, 4) is 0 Å². The van der Waals surface area contributed by atoms with E-state index in [-0.39, 0.29) is 0 Å². The van der Waals surface area contributed by atoms with Gasteiger partial charge in [-0.05, 0) is 61.7 Å². The topological polar surface area (TPSA) is 12.0 Å². The highest BCUT2D eigenvalue weighted by molar-refractivity contribution is 5.28. The fourth-order valence-electron chi connectivity index (χ4n) is 2.72. The summed E-state index contributed by atoms with van der Waals surface area (Å²) in [5, 5.41) is 3.51. The van der Waals surface area contributed by atoms with Crippen molar-refractivity contribution in [3.63, 3.8) is 0 Å². The highest BCUT2D eigenvalue weighted by Gasteiger charge is 2.19. The van der Waals surface area contributed by atoms with Crippen LogP contribution in [0.3, 0.4) is 0 Å². The second-order valence-corrected chi connectivity index (χ2v) is 5.89. The molecule has 0 aromatic heterocycles. The third kappa shape index (κ3) is 3.84. The molecule has 1 N–H and O–H groups in total. The summed E-state index contributed by atoms with van der Waals surface area (Å²) in [5.41, 5.74) is 3.10. The first kappa shape index (κ1) is 13.6. The second-order valence-electron chi connectivity index (χ2n) is 5.89. The van der Waals surface area contributed by atoms with E-state index in [2.05, 4.69) is 43.4 Å². The molecule has 0 saturated heterocycles. The van der Waals surface area contributed by atoms with E-state index in [1.165, 1.54) is 37.7 Å². The highest BCUT2D eigenvalue weighted by atomic mass is 14.8. The maximum absolute atomic E-state index is 3.51. The van der Waals surface area contributed by atoms with Gasteiger partial charge in [0.1, 0.15) is 0 Å². The molecule has 0 amide bonds. The molecule has 1 fully saturated rings. The molecule has 18 heavy (non-hydrogen) atoms. The van der Waals surface area contributed by atoms with Gasteiger partial charge in [-0.1, -0.05) is 44.5 Å². The molecule has 0 aliphatic heterocycles. The molecule has 1 nitrogen and oxygen atoms in total. The first-order valence-corrected chi connectivity index (χ1v) is 7.59. The van der Waals surface area contributed by atoms with Crippen molar-refractivity contribution in [2.45, 2.75) is 51.9 Å². The van der Waals surface area contributed by atoms with E-state index in [9.17, 15) is 0 Å². The average Bonchev–Trinajstić information content (AvgIpc) is 2.27. The van der Waals surface area contributed by atoms with Crippen molar-refractivity contribution >= 4 is 0 Å². The van der Waals surface area contributed by atoms with Gasteiger partial charge in [0.05, 0.1) is 0 Å². The van der Waals surface area contributed by atoms with Crippen LogP contribution in [0.4, 0.5) is 0 Å². The van der Waals surface area contributed by atoms with Crippen LogP contribution in [0.25, 0.3) is 0 Å². The lowest BCUT2D eigenvalue weighted by Gasteiger charge is -2.26. The van der Waals surface area contributed by atoms with Crippen LogP contribution in [0, 0.1) is 5.92 Å². The molecule has 100 valence electrons.